The molecule has 0 saturated carbocycles. The summed E-state index contributed by atoms with van der Waals surface area (Å²) >= 11 is 0. The largest absolute Gasteiger partial charge is 0.394 e. The molecule has 0 spiro atoms. The molecule has 2 nitrogen and oxygen atoms in total. The SMILES string of the molecule is CN/C=C\CC(C)C(C)CC(C)=O. The molecule has 0 radical (unpaired) electrons. The monoisotopic (exact) mass is 183 g/mol. The van der Waals surface area contributed by atoms with E-state index in [4.69, 9.17) is 0 Å². The number of hydrogen-bond donors (Lipinski definition) is 1. The smallest absolute Gasteiger partial charge is 0.130 e. The average Bonchev–Trinajstić information content (AvgIpc) is 2.03. The molecule has 13 heavy (non-hydrogen) atoms. The fraction of sp³-hybridized carbons (Fsp3) is 0.727. The quantitative estimate of drug-likeness (QED) is 0.685. The van der Waals surface area contributed by atoms with Crippen molar-refractivity contribution in [3.8, 4) is 0 Å². The summed E-state index contributed by atoms with van der Waals surface area (Å²) in [6.07, 6.45) is 5.79. The molecule has 0 aliphatic carbocycles. The highest BCUT2D eigenvalue weighted by Crippen LogP contribution is 2.18. The van der Waals surface area contributed by atoms with Gasteiger partial charge in [-0.2, -0.15) is 0 Å². The second kappa shape index (κ2) is 6.70. The summed E-state index contributed by atoms with van der Waals surface area (Å²) in [5.41, 5.74) is 0. The van der Waals surface area contributed by atoms with Crippen molar-refractivity contribution in [1.29, 1.82) is 0 Å². The number of nitrogens with one attached hydrogen (secondary N) is 1. The second-order valence-corrected chi connectivity index (χ2v) is 3.79. The molecule has 0 heterocycles. The fourth-order valence-electron chi connectivity index (χ4n) is 1.29. The maximum Gasteiger partial charge on any atom is 0.130 e. The zero-order valence-electron chi connectivity index (χ0n) is 9.13. The van der Waals surface area contributed by atoms with Crippen LogP contribution in [0.3, 0.4) is 0 Å². The number of carbonyl (C=O) groups excluding carboxylic acids is 1. The molecule has 0 aromatic rings. The zero-order chi connectivity index (χ0) is 10.3. The number of ketones is 1. The van der Waals surface area contributed by atoms with Crippen LogP contribution >= 0.6 is 0 Å². The Morgan fingerprint density at radius 2 is 2.00 bits per heavy atom. The van der Waals surface area contributed by atoms with Crippen LogP contribution in [-0.4, -0.2) is 12.8 Å². The lowest BCUT2D eigenvalue weighted by atomic mass is 9.89. The minimum Gasteiger partial charge on any atom is -0.394 e. The van der Waals surface area contributed by atoms with Gasteiger partial charge in [-0.1, -0.05) is 19.9 Å². The number of hydrogen-bond acceptors (Lipinski definition) is 2. The third-order valence-electron chi connectivity index (χ3n) is 2.37. The number of Topliss-reactive ketones (excluding diaryl/α,β-unsaturated/α-hetero) is 1. The van der Waals surface area contributed by atoms with Crippen LogP contribution < -0.4 is 5.32 Å². The Kier molecular flexibility index (Phi) is 6.29. The highest BCUT2D eigenvalue weighted by atomic mass is 16.1. The van der Waals surface area contributed by atoms with Crippen LogP contribution in [-0.2, 0) is 4.79 Å². The van der Waals surface area contributed by atoms with E-state index in [0.29, 0.717) is 18.3 Å². The van der Waals surface area contributed by atoms with Crippen molar-refractivity contribution in [2.75, 3.05) is 7.05 Å². The van der Waals surface area contributed by atoms with Gasteiger partial charge in [-0.3, -0.25) is 0 Å². The first-order chi connectivity index (χ1) is 6.07. The summed E-state index contributed by atoms with van der Waals surface area (Å²) in [6.45, 7) is 5.99. The molecule has 0 aromatic carbocycles. The molecule has 0 aliphatic rings. The van der Waals surface area contributed by atoms with Crippen LogP contribution in [0.2, 0.25) is 0 Å². The molecule has 0 rings (SSSR count). The summed E-state index contributed by atoms with van der Waals surface area (Å²) in [6, 6.07) is 0. The van der Waals surface area contributed by atoms with Gasteiger partial charge in [-0.05, 0) is 31.4 Å². The van der Waals surface area contributed by atoms with Crippen LogP contribution in [0.15, 0.2) is 12.3 Å². The predicted octanol–water partition coefficient (Wildman–Crippen LogP) is 2.36. The van der Waals surface area contributed by atoms with E-state index in [9.17, 15) is 4.79 Å². The predicted molar refractivity (Wildman–Crippen MR) is 56.4 cm³/mol. The van der Waals surface area contributed by atoms with Gasteiger partial charge >= 0.3 is 0 Å². The lowest BCUT2D eigenvalue weighted by Crippen LogP contribution is -2.11. The molecule has 76 valence electrons. The van der Waals surface area contributed by atoms with Gasteiger partial charge in [0.2, 0.25) is 0 Å². The maximum atomic E-state index is 10.9. The lowest BCUT2D eigenvalue weighted by Gasteiger charge is -2.16. The summed E-state index contributed by atoms with van der Waals surface area (Å²) in [5, 5.41) is 2.96. The summed E-state index contributed by atoms with van der Waals surface area (Å²) in [4.78, 5) is 10.9. The Balaban J connectivity index is 3.74. The van der Waals surface area contributed by atoms with Gasteiger partial charge < -0.3 is 10.1 Å². The molecule has 2 atom stereocenters. The average molecular weight is 183 g/mol. The molecular weight excluding hydrogens is 162 g/mol. The summed E-state index contributed by atoms with van der Waals surface area (Å²) in [5.74, 6) is 1.35. The lowest BCUT2D eigenvalue weighted by molar-refractivity contribution is -0.118. The van der Waals surface area contributed by atoms with Crippen molar-refractivity contribution < 1.29 is 4.79 Å². The van der Waals surface area contributed by atoms with E-state index in [1.165, 1.54) is 0 Å². The normalized spacial score (nSPS) is 15.7. The first kappa shape index (κ1) is 12.2. The maximum absolute atomic E-state index is 10.9. The van der Waals surface area contributed by atoms with E-state index in [0.717, 1.165) is 6.42 Å². The van der Waals surface area contributed by atoms with Crippen molar-refractivity contribution in [1.82, 2.24) is 5.32 Å². The number of carbonyl (C=O) groups is 1. The van der Waals surface area contributed by atoms with Crippen molar-refractivity contribution in [3.05, 3.63) is 12.3 Å². The third kappa shape index (κ3) is 6.38. The Morgan fingerprint density at radius 1 is 1.38 bits per heavy atom. The molecule has 0 aromatic heterocycles. The van der Waals surface area contributed by atoms with Crippen LogP contribution in [0.5, 0.6) is 0 Å². The second-order valence-electron chi connectivity index (χ2n) is 3.79. The Bertz CT molecular complexity index is 175. The minimum atomic E-state index is 0.289. The molecule has 0 aliphatic heterocycles. The molecule has 0 bridgehead atoms. The highest BCUT2D eigenvalue weighted by Gasteiger charge is 2.12. The molecule has 1 N–H and O–H groups in total. The van der Waals surface area contributed by atoms with Gasteiger partial charge in [0, 0.05) is 13.5 Å². The standard InChI is InChI=1S/C11H21NO/c1-9(6-5-7-12-4)10(2)8-11(3)13/h5,7,9-10,12H,6,8H2,1-4H3/b7-5-. The fourth-order valence-corrected chi connectivity index (χ4v) is 1.29. The molecular formula is C11H21NO. The first-order valence-corrected chi connectivity index (χ1v) is 4.89. The molecule has 0 fully saturated rings. The summed E-state index contributed by atoms with van der Waals surface area (Å²) in [7, 11) is 1.89. The molecule has 2 unspecified atom stereocenters. The van der Waals surface area contributed by atoms with Crippen molar-refractivity contribution in [2.24, 2.45) is 11.8 Å². The summed E-state index contributed by atoms with van der Waals surface area (Å²) < 4.78 is 0. The topological polar surface area (TPSA) is 29.1 Å². The zero-order valence-corrected chi connectivity index (χ0v) is 9.13. The van der Waals surface area contributed by atoms with Crippen molar-refractivity contribution >= 4 is 5.78 Å². The third-order valence-corrected chi connectivity index (χ3v) is 2.37. The first-order valence-electron chi connectivity index (χ1n) is 4.89. The van der Waals surface area contributed by atoms with Crippen molar-refractivity contribution in [2.45, 2.75) is 33.6 Å². The van der Waals surface area contributed by atoms with Crippen LogP contribution in [0.4, 0.5) is 0 Å². The number of allylic oxidation sites excluding steroid dienone is 1. The van der Waals surface area contributed by atoms with Crippen LogP contribution in [0, 0.1) is 11.8 Å². The van der Waals surface area contributed by atoms with Gasteiger partial charge in [0.15, 0.2) is 0 Å². The molecule has 0 saturated heterocycles. The van der Waals surface area contributed by atoms with E-state index in [1.54, 1.807) is 6.92 Å². The van der Waals surface area contributed by atoms with Gasteiger partial charge in [0.05, 0.1) is 0 Å². The molecule has 2 heteroatoms. The Labute approximate surface area is 81.4 Å². The molecule has 0 amide bonds. The van der Waals surface area contributed by atoms with Crippen LogP contribution in [0.25, 0.3) is 0 Å². The van der Waals surface area contributed by atoms with Crippen molar-refractivity contribution in [3.63, 3.8) is 0 Å². The Hall–Kier alpha value is -0.790. The van der Waals surface area contributed by atoms with E-state index in [-0.39, 0.29) is 5.78 Å². The van der Waals surface area contributed by atoms with E-state index in [1.807, 2.05) is 13.2 Å². The van der Waals surface area contributed by atoms with Crippen LogP contribution in [0.1, 0.15) is 33.6 Å². The van der Waals surface area contributed by atoms with Gasteiger partial charge in [-0.25, -0.2) is 0 Å². The van der Waals surface area contributed by atoms with Gasteiger partial charge in [-0.15, -0.1) is 0 Å². The van der Waals surface area contributed by atoms with E-state index in [2.05, 4.69) is 25.2 Å². The van der Waals surface area contributed by atoms with Gasteiger partial charge in [0.1, 0.15) is 5.78 Å². The number of rotatable bonds is 6. The highest BCUT2D eigenvalue weighted by molar-refractivity contribution is 5.75. The van der Waals surface area contributed by atoms with E-state index < -0.39 is 0 Å². The van der Waals surface area contributed by atoms with Gasteiger partial charge in [0.25, 0.3) is 0 Å². The Morgan fingerprint density at radius 3 is 2.46 bits per heavy atom. The van der Waals surface area contributed by atoms with E-state index >= 15 is 0 Å². The minimum absolute atomic E-state index is 0.289.